The van der Waals surface area contributed by atoms with E-state index < -0.39 is 11.9 Å². The molecule has 0 aliphatic rings. The van der Waals surface area contributed by atoms with E-state index in [2.05, 4.69) is 0 Å². The van der Waals surface area contributed by atoms with E-state index in [1.54, 1.807) is 6.92 Å². The lowest BCUT2D eigenvalue weighted by Gasteiger charge is -1.99. The van der Waals surface area contributed by atoms with Crippen LogP contribution in [0.3, 0.4) is 0 Å². The third-order valence-corrected chi connectivity index (χ3v) is 0.984. The molecule has 0 aliphatic carbocycles. The monoisotopic (exact) mass is 118 g/mol. The molecule has 48 valence electrons. The Labute approximate surface area is 47.9 Å². The third kappa shape index (κ3) is 2.58. The summed E-state index contributed by atoms with van der Waals surface area (Å²) in [6.07, 6.45) is 0.343. The molecule has 0 bridgehead atoms. The number of aliphatic hydroxyl groups is 1. The van der Waals surface area contributed by atoms with E-state index in [1.165, 1.54) is 0 Å². The van der Waals surface area contributed by atoms with E-state index in [9.17, 15) is 4.79 Å². The summed E-state index contributed by atoms with van der Waals surface area (Å²) in [6.45, 7) is 1.52. The largest absolute Gasteiger partial charge is 0.481 e. The zero-order chi connectivity index (χ0) is 6.57. The van der Waals surface area contributed by atoms with Crippen LogP contribution in [0.5, 0.6) is 0 Å². The Bertz CT molecular complexity index is 79.7. The SMILES string of the molecule is C[C@H](CCO)C(=O)O. The van der Waals surface area contributed by atoms with Crippen molar-refractivity contribution < 1.29 is 15.0 Å². The fourth-order valence-corrected chi connectivity index (χ4v) is 0.317. The molecule has 0 aromatic heterocycles. The molecule has 0 spiro atoms. The highest BCUT2D eigenvalue weighted by Gasteiger charge is 2.07. The normalized spacial score (nSPS) is 13.2. The molecule has 0 saturated heterocycles. The molecule has 0 aromatic carbocycles. The molecule has 0 fully saturated rings. The number of hydrogen-bond acceptors (Lipinski definition) is 2. The summed E-state index contributed by atoms with van der Waals surface area (Å²) < 4.78 is 0. The van der Waals surface area contributed by atoms with E-state index in [0.29, 0.717) is 6.42 Å². The van der Waals surface area contributed by atoms with Crippen molar-refractivity contribution in [2.24, 2.45) is 5.92 Å². The molecule has 3 nitrogen and oxygen atoms in total. The number of carbonyl (C=O) groups is 1. The van der Waals surface area contributed by atoms with Crippen LogP contribution >= 0.6 is 0 Å². The second kappa shape index (κ2) is 3.43. The van der Waals surface area contributed by atoms with Gasteiger partial charge >= 0.3 is 5.97 Å². The number of rotatable bonds is 3. The Morgan fingerprint density at radius 3 is 2.38 bits per heavy atom. The van der Waals surface area contributed by atoms with E-state index in [0.717, 1.165) is 0 Å². The maximum atomic E-state index is 9.98. The minimum Gasteiger partial charge on any atom is -0.481 e. The summed E-state index contributed by atoms with van der Waals surface area (Å²) in [4.78, 5) is 9.98. The van der Waals surface area contributed by atoms with Gasteiger partial charge in [0, 0.05) is 6.61 Å². The van der Waals surface area contributed by atoms with Gasteiger partial charge in [0.05, 0.1) is 5.92 Å². The number of hydrogen-bond donors (Lipinski definition) is 2. The Hall–Kier alpha value is -0.570. The van der Waals surface area contributed by atoms with Crippen LogP contribution in [0, 0.1) is 5.92 Å². The number of aliphatic carboxylic acids is 1. The quantitative estimate of drug-likeness (QED) is 0.552. The Balaban J connectivity index is 3.32. The van der Waals surface area contributed by atoms with E-state index in [-0.39, 0.29) is 6.61 Å². The van der Waals surface area contributed by atoms with Crippen LogP contribution < -0.4 is 0 Å². The van der Waals surface area contributed by atoms with E-state index in [4.69, 9.17) is 10.2 Å². The van der Waals surface area contributed by atoms with Gasteiger partial charge in [-0.15, -0.1) is 0 Å². The molecule has 0 saturated carbocycles. The van der Waals surface area contributed by atoms with Crippen LogP contribution in [0.2, 0.25) is 0 Å². The number of carboxylic acid groups (broad SMARTS) is 1. The van der Waals surface area contributed by atoms with Crippen LogP contribution in [0.4, 0.5) is 0 Å². The Morgan fingerprint density at radius 1 is 1.75 bits per heavy atom. The second-order valence-electron chi connectivity index (χ2n) is 1.75. The van der Waals surface area contributed by atoms with Crippen molar-refractivity contribution in [2.75, 3.05) is 6.61 Å². The lowest BCUT2D eigenvalue weighted by atomic mass is 10.1. The molecule has 0 rings (SSSR count). The first kappa shape index (κ1) is 7.43. The van der Waals surface area contributed by atoms with Gasteiger partial charge < -0.3 is 10.2 Å². The minimum atomic E-state index is -0.848. The summed E-state index contributed by atoms with van der Waals surface area (Å²) in [5, 5.41) is 16.4. The molecule has 2 N–H and O–H groups in total. The van der Waals surface area contributed by atoms with Crippen molar-refractivity contribution in [1.82, 2.24) is 0 Å². The highest BCUT2D eigenvalue weighted by molar-refractivity contribution is 5.69. The molecule has 1 atom stereocenters. The van der Waals surface area contributed by atoms with Gasteiger partial charge in [0.1, 0.15) is 0 Å². The highest BCUT2D eigenvalue weighted by Crippen LogP contribution is 1.98. The van der Waals surface area contributed by atoms with Crippen molar-refractivity contribution in [3.8, 4) is 0 Å². The third-order valence-electron chi connectivity index (χ3n) is 0.984. The molecule has 0 aromatic rings. The molecule has 0 radical (unpaired) electrons. The summed E-state index contributed by atoms with van der Waals surface area (Å²) in [5.41, 5.74) is 0. The smallest absolute Gasteiger partial charge is 0.306 e. The summed E-state index contributed by atoms with van der Waals surface area (Å²) in [5.74, 6) is -1.26. The van der Waals surface area contributed by atoms with Crippen LogP contribution in [0.25, 0.3) is 0 Å². The van der Waals surface area contributed by atoms with Crippen molar-refractivity contribution >= 4 is 5.97 Å². The van der Waals surface area contributed by atoms with Gasteiger partial charge in [-0.05, 0) is 6.42 Å². The Kier molecular flexibility index (Phi) is 3.19. The van der Waals surface area contributed by atoms with Crippen molar-refractivity contribution in [2.45, 2.75) is 13.3 Å². The lowest BCUT2D eigenvalue weighted by Crippen LogP contribution is -2.10. The van der Waals surface area contributed by atoms with Crippen LogP contribution in [0.15, 0.2) is 0 Å². The van der Waals surface area contributed by atoms with E-state index in [1.807, 2.05) is 0 Å². The first-order chi connectivity index (χ1) is 3.68. The second-order valence-corrected chi connectivity index (χ2v) is 1.75. The fourth-order valence-electron chi connectivity index (χ4n) is 0.317. The average Bonchev–Trinajstić information content (AvgIpc) is 1.67. The fraction of sp³-hybridized carbons (Fsp3) is 0.800. The van der Waals surface area contributed by atoms with Gasteiger partial charge in [0.15, 0.2) is 0 Å². The lowest BCUT2D eigenvalue weighted by molar-refractivity contribution is -0.141. The molecule has 0 amide bonds. The van der Waals surface area contributed by atoms with Crippen LogP contribution in [-0.2, 0) is 4.79 Å². The standard InChI is InChI=1S/C5H10O3/c1-4(2-3-6)5(7)8/h4,6H,2-3H2,1H3,(H,7,8)/t4-/m1/s1. The molecule has 8 heavy (non-hydrogen) atoms. The molecule has 0 aliphatic heterocycles. The molecule has 0 heterocycles. The summed E-state index contributed by atoms with van der Waals surface area (Å²) in [6, 6.07) is 0. The zero-order valence-electron chi connectivity index (χ0n) is 4.79. The van der Waals surface area contributed by atoms with Gasteiger partial charge in [-0.1, -0.05) is 6.92 Å². The Morgan fingerprint density at radius 2 is 2.25 bits per heavy atom. The molecule has 3 heteroatoms. The highest BCUT2D eigenvalue weighted by atomic mass is 16.4. The summed E-state index contributed by atoms with van der Waals surface area (Å²) in [7, 11) is 0. The minimum absolute atomic E-state index is 0.0481. The first-order valence-electron chi connectivity index (χ1n) is 2.52. The van der Waals surface area contributed by atoms with Crippen LogP contribution in [-0.4, -0.2) is 22.8 Å². The summed E-state index contributed by atoms with van der Waals surface area (Å²) >= 11 is 0. The number of carboxylic acids is 1. The van der Waals surface area contributed by atoms with Gasteiger partial charge in [-0.3, -0.25) is 4.79 Å². The van der Waals surface area contributed by atoms with Crippen molar-refractivity contribution in [3.63, 3.8) is 0 Å². The predicted octanol–water partition coefficient (Wildman–Crippen LogP) is 0.0895. The van der Waals surface area contributed by atoms with Gasteiger partial charge in [-0.2, -0.15) is 0 Å². The van der Waals surface area contributed by atoms with Crippen LogP contribution in [0.1, 0.15) is 13.3 Å². The topological polar surface area (TPSA) is 57.5 Å². The molecule has 0 unspecified atom stereocenters. The maximum Gasteiger partial charge on any atom is 0.306 e. The molecular weight excluding hydrogens is 108 g/mol. The van der Waals surface area contributed by atoms with Crippen molar-refractivity contribution in [1.29, 1.82) is 0 Å². The van der Waals surface area contributed by atoms with Gasteiger partial charge in [0.25, 0.3) is 0 Å². The predicted molar refractivity (Wildman–Crippen MR) is 28.5 cm³/mol. The number of aliphatic hydroxyl groups excluding tert-OH is 1. The van der Waals surface area contributed by atoms with E-state index >= 15 is 0 Å². The van der Waals surface area contributed by atoms with Gasteiger partial charge in [-0.25, -0.2) is 0 Å². The average molecular weight is 118 g/mol. The van der Waals surface area contributed by atoms with Gasteiger partial charge in [0.2, 0.25) is 0 Å². The van der Waals surface area contributed by atoms with Crippen molar-refractivity contribution in [3.05, 3.63) is 0 Å². The first-order valence-corrected chi connectivity index (χ1v) is 2.52. The zero-order valence-corrected chi connectivity index (χ0v) is 4.79. The maximum absolute atomic E-state index is 9.98. The molecular formula is C5H10O3.